The SMILES string of the molecule is Cc1ccccc1OCC(=O)NC(C(N)=O)C(N)=O. The van der Waals surface area contributed by atoms with Crippen LogP contribution in [0.4, 0.5) is 0 Å². The summed E-state index contributed by atoms with van der Waals surface area (Å²) in [6.07, 6.45) is 0. The number of nitrogens with one attached hydrogen (secondary N) is 1. The molecule has 1 rings (SSSR count). The number of benzene rings is 1. The Hall–Kier alpha value is -2.57. The molecule has 1 aromatic rings. The van der Waals surface area contributed by atoms with E-state index in [9.17, 15) is 14.4 Å². The Morgan fingerprint density at radius 3 is 2.32 bits per heavy atom. The molecular formula is C12H15N3O4. The Morgan fingerprint density at radius 1 is 1.21 bits per heavy atom. The van der Waals surface area contributed by atoms with E-state index in [0.717, 1.165) is 5.56 Å². The highest BCUT2D eigenvalue weighted by atomic mass is 16.5. The van der Waals surface area contributed by atoms with Crippen LogP contribution < -0.4 is 21.5 Å². The predicted molar refractivity (Wildman–Crippen MR) is 67.0 cm³/mol. The van der Waals surface area contributed by atoms with Crippen molar-refractivity contribution >= 4 is 17.7 Å². The van der Waals surface area contributed by atoms with Crippen LogP contribution in [0.25, 0.3) is 0 Å². The molecule has 0 saturated carbocycles. The van der Waals surface area contributed by atoms with E-state index in [1.54, 1.807) is 12.1 Å². The molecular weight excluding hydrogens is 250 g/mol. The van der Waals surface area contributed by atoms with Crippen molar-refractivity contribution in [2.24, 2.45) is 11.5 Å². The smallest absolute Gasteiger partial charge is 0.258 e. The molecule has 0 atom stereocenters. The third-order valence-corrected chi connectivity index (χ3v) is 2.33. The second kappa shape index (κ2) is 6.39. The number of aryl methyl sites for hydroxylation is 1. The Kier molecular flexibility index (Phi) is 4.87. The number of hydrogen-bond acceptors (Lipinski definition) is 4. The normalized spacial score (nSPS) is 10.0. The van der Waals surface area contributed by atoms with Crippen LogP contribution in [0.3, 0.4) is 0 Å². The van der Waals surface area contributed by atoms with Crippen molar-refractivity contribution < 1.29 is 19.1 Å². The maximum Gasteiger partial charge on any atom is 0.258 e. The Balaban J connectivity index is 2.54. The van der Waals surface area contributed by atoms with E-state index < -0.39 is 23.8 Å². The van der Waals surface area contributed by atoms with E-state index in [2.05, 4.69) is 5.32 Å². The minimum atomic E-state index is -1.53. The van der Waals surface area contributed by atoms with Gasteiger partial charge in [0.2, 0.25) is 11.8 Å². The number of nitrogens with two attached hydrogens (primary N) is 2. The van der Waals surface area contributed by atoms with Crippen LogP contribution in [0, 0.1) is 6.92 Å². The van der Waals surface area contributed by atoms with Crippen LogP contribution in [-0.2, 0) is 14.4 Å². The first-order chi connectivity index (χ1) is 8.91. The van der Waals surface area contributed by atoms with Crippen molar-refractivity contribution in [2.75, 3.05) is 6.61 Å². The van der Waals surface area contributed by atoms with Gasteiger partial charge in [0.05, 0.1) is 0 Å². The minimum absolute atomic E-state index is 0.345. The van der Waals surface area contributed by atoms with Crippen LogP contribution in [-0.4, -0.2) is 30.4 Å². The molecule has 0 aliphatic rings. The number of carbonyl (C=O) groups excluding carboxylic acids is 3. The Labute approximate surface area is 109 Å². The van der Waals surface area contributed by atoms with Crippen LogP contribution in [0.5, 0.6) is 5.75 Å². The maximum atomic E-state index is 11.5. The summed E-state index contributed by atoms with van der Waals surface area (Å²) in [6, 6.07) is 5.58. The minimum Gasteiger partial charge on any atom is -0.484 e. The lowest BCUT2D eigenvalue weighted by Crippen LogP contribution is -2.53. The summed E-state index contributed by atoms with van der Waals surface area (Å²) in [4.78, 5) is 33.2. The van der Waals surface area contributed by atoms with Gasteiger partial charge < -0.3 is 21.5 Å². The lowest BCUT2D eigenvalue weighted by Gasteiger charge is -2.13. The van der Waals surface area contributed by atoms with Crippen molar-refractivity contribution in [3.05, 3.63) is 29.8 Å². The van der Waals surface area contributed by atoms with Gasteiger partial charge in [-0.1, -0.05) is 18.2 Å². The van der Waals surface area contributed by atoms with Crippen molar-refractivity contribution in [3.8, 4) is 5.75 Å². The molecule has 0 radical (unpaired) electrons. The summed E-state index contributed by atoms with van der Waals surface area (Å²) in [5.41, 5.74) is 10.7. The number of rotatable bonds is 6. The van der Waals surface area contributed by atoms with E-state index in [0.29, 0.717) is 5.75 Å². The zero-order valence-electron chi connectivity index (χ0n) is 10.4. The fraction of sp³-hybridized carbons (Fsp3) is 0.250. The lowest BCUT2D eigenvalue weighted by molar-refractivity contribution is -0.134. The fourth-order valence-electron chi connectivity index (χ4n) is 1.35. The molecule has 0 saturated heterocycles. The van der Waals surface area contributed by atoms with Crippen molar-refractivity contribution in [1.29, 1.82) is 0 Å². The van der Waals surface area contributed by atoms with E-state index >= 15 is 0 Å². The van der Waals surface area contributed by atoms with Gasteiger partial charge in [0.1, 0.15) is 5.75 Å². The highest BCUT2D eigenvalue weighted by Crippen LogP contribution is 2.15. The zero-order chi connectivity index (χ0) is 14.4. The molecule has 0 aliphatic heterocycles. The van der Waals surface area contributed by atoms with Crippen LogP contribution >= 0.6 is 0 Å². The molecule has 0 aromatic heterocycles. The molecule has 0 unspecified atom stereocenters. The summed E-state index contributed by atoms with van der Waals surface area (Å²) < 4.78 is 5.24. The molecule has 0 heterocycles. The molecule has 0 fully saturated rings. The zero-order valence-corrected chi connectivity index (χ0v) is 10.4. The summed E-state index contributed by atoms with van der Waals surface area (Å²) >= 11 is 0. The van der Waals surface area contributed by atoms with Gasteiger partial charge in [0.25, 0.3) is 5.91 Å². The van der Waals surface area contributed by atoms with Gasteiger partial charge in [0, 0.05) is 0 Å². The van der Waals surface area contributed by atoms with Crippen molar-refractivity contribution in [2.45, 2.75) is 13.0 Å². The summed E-state index contributed by atoms with van der Waals surface area (Å²) in [5.74, 6) is -2.16. The second-order valence-electron chi connectivity index (χ2n) is 3.86. The van der Waals surface area contributed by atoms with Gasteiger partial charge in [0.15, 0.2) is 12.6 Å². The third kappa shape index (κ3) is 4.30. The van der Waals surface area contributed by atoms with Crippen LogP contribution in [0.15, 0.2) is 24.3 Å². The van der Waals surface area contributed by atoms with Gasteiger partial charge >= 0.3 is 0 Å². The predicted octanol–water partition coefficient (Wildman–Crippen LogP) is -1.17. The average Bonchev–Trinajstić information content (AvgIpc) is 2.34. The van der Waals surface area contributed by atoms with Crippen molar-refractivity contribution in [3.63, 3.8) is 0 Å². The van der Waals surface area contributed by atoms with E-state index in [-0.39, 0.29) is 6.61 Å². The molecule has 1 aromatic carbocycles. The average molecular weight is 265 g/mol. The van der Waals surface area contributed by atoms with Gasteiger partial charge in [-0.25, -0.2) is 0 Å². The van der Waals surface area contributed by atoms with Gasteiger partial charge in [-0.3, -0.25) is 14.4 Å². The number of primary amides is 2. The van der Waals surface area contributed by atoms with E-state index in [4.69, 9.17) is 16.2 Å². The molecule has 19 heavy (non-hydrogen) atoms. The molecule has 7 nitrogen and oxygen atoms in total. The summed E-state index contributed by atoms with van der Waals surface area (Å²) in [6.45, 7) is 1.48. The summed E-state index contributed by atoms with van der Waals surface area (Å²) in [5, 5.41) is 2.09. The Morgan fingerprint density at radius 2 is 1.79 bits per heavy atom. The van der Waals surface area contributed by atoms with Crippen molar-refractivity contribution in [1.82, 2.24) is 5.32 Å². The van der Waals surface area contributed by atoms with Gasteiger partial charge in [-0.05, 0) is 18.6 Å². The largest absolute Gasteiger partial charge is 0.484 e. The molecule has 5 N–H and O–H groups in total. The maximum absolute atomic E-state index is 11.5. The van der Waals surface area contributed by atoms with Crippen LogP contribution in [0.1, 0.15) is 5.56 Å². The van der Waals surface area contributed by atoms with E-state index in [1.807, 2.05) is 19.1 Å². The topological polar surface area (TPSA) is 125 Å². The van der Waals surface area contributed by atoms with E-state index in [1.165, 1.54) is 0 Å². The number of hydrogen-bond donors (Lipinski definition) is 3. The molecule has 0 bridgehead atoms. The summed E-state index contributed by atoms with van der Waals surface area (Å²) in [7, 11) is 0. The monoisotopic (exact) mass is 265 g/mol. The molecule has 7 heteroatoms. The van der Waals surface area contributed by atoms with Gasteiger partial charge in [-0.15, -0.1) is 0 Å². The second-order valence-corrected chi connectivity index (χ2v) is 3.86. The standard InChI is InChI=1S/C12H15N3O4/c1-7-4-2-3-5-8(7)19-6-9(16)15-10(11(13)17)12(14)18/h2-5,10H,6H2,1H3,(H2,13,17)(H2,14,18)(H,15,16). The number of para-hydroxylation sites is 1. The molecule has 3 amide bonds. The third-order valence-electron chi connectivity index (χ3n) is 2.33. The highest BCUT2D eigenvalue weighted by Gasteiger charge is 2.23. The fourth-order valence-corrected chi connectivity index (χ4v) is 1.35. The lowest BCUT2D eigenvalue weighted by atomic mass is 10.2. The van der Waals surface area contributed by atoms with Gasteiger partial charge in [-0.2, -0.15) is 0 Å². The quantitative estimate of drug-likeness (QED) is 0.560. The first kappa shape index (κ1) is 14.5. The number of carbonyl (C=O) groups is 3. The highest BCUT2D eigenvalue weighted by molar-refractivity contribution is 6.05. The molecule has 0 spiro atoms. The first-order valence-electron chi connectivity index (χ1n) is 5.48. The molecule has 0 aliphatic carbocycles. The molecule has 102 valence electrons. The number of amides is 3. The van der Waals surface area contributed by atoms with Crippen LogP contribution in [0.2, 0.25) is 0 Å². The number of ether oxygens (including phenoxy) is 1. The first-order valence-corrected chi connectivity index (χ1v) is 5.48. The Bertz CT molecular complexity index is 488.